The van der Waals surface area contributed by atoms with Gasteiger partial charge in [0.15, 0.2) is 0 Å². The quantitative estimate of drug-likeness (QED) is 0.594. The van der Waals surface area contributed by atoms with Gasteiger partial charge in [-0.2, -0.15) is 4.98 Å². The van der Waals surface area contributed by atoms with Crippen molar-refractivity contribution in [1.29, 1.82) is 0 Å². The highest BCUT2D eigenvalue weighted by atomic mass is 16.6. The molecule has 7 heteroatoms. The lowest BCUT2D eigenvalue weighted by atomic mass is 10.3. The summed E-state index contributed by atoms with van der Waals surface area (Å²) in [5.41, 5.74) is 0.0851. The Morgan fingerprint density at radius 2 is 2.20 bits per heavy atom. The van der Waals surface area contributed by atoms with E-state index in [0.29, 0.717) is 12.5 Å². The lowest BCUT2D eigenvalue weighted by molar-refractivity contribution is -0.387. The number of methoxy groups -OCH3 is 1. The van der Waals surface area contributed by atoms with Crippen molar-refractivity contribution < 1.29 is 9.66 Å². The average Bonchev–Trinajstić information content (AvgIpc) is 2.16. The summed E-state index contributed by atoms with van der Waals surface area (Å²) in [6, 6.07) is 0. The number of aryl methyl sites for hydroxylation is 1. The van der Waals surface area contributed by atoms with Crippen molar-refractivity contribution in [1.82, 2.24) is 9.97 Å². The molecule has 1 aromatic rings. The fraction of sp³-hybridized carbons (Fsp3) is 0.500. The van der Waals surface area contributed by atoms with E-state index in [2.05, 4.69) is 15.3 Å². The van der Waals surface area contributed by atoms with Crippen LogP contribution in [0.1, 0.15) is 12.6 Å². The van der Waals surface area contributed by atoms with Crippen LogP contribution in [0.25, 0.3) is 0 Å². The summed E-state index contributed by atoms with van der Waals surface area (Å²) in [6.45, 7) is 4.07. The van der Waals surface area contributed by atoms with E-state index in [1.54, 1.807) is 6.92 Å². The van der Waals surface area contributed by atoms with Gasteiger partial charge in [-0.15, -0.1) is 0 Å². The molecule has 1 heterocycles. The zero-order valence-corrected chi connectivity index (χ0v) is 8.77. The molecule has 0 unspecified atom stereocenters. The van der Waals surface area contributed by atoms with Gasteiger partial charge in [-0.05, 0) is 13.8 Å². The monoisotopic (exact) mass is 212 g/mol. The van der Waals surface area contributed by atoms with Crippen LogP contribution in [-0.4, -0.2) is 28.5 Å². The predicted molar refractivity (Wildman–Crippen MR) is 54.1 cm³/mol. The Labute approximate surface area is 86.6 Å². The number of anilines is 1. The largest absolute Gasteiger partial charge is 0.476 e. The van der Waals surface area contributed by atoms with E-state index >= 15 is 0 Å². The fourth-order valence-electron chi connectivity index (χ4n) is 1.13. The molecule has 0 aliphatic heterocycles. The number of nitrogens with zero attached hydrogens (tertiary/aromatic N) is 3. The molecule has 82 valence electrons. The van der Waals surface area contributed by atoms with Crippen molar-refractivity contribution in [3.8, 4) is 5.88 Å². The summed E-state index contributed by atoms with van der Waals surface area (Å²) < 4.78 is 4.84. The molecule has 1 N–H and O–H groups in total. The molecule has 0 saturated carbocycles. The highest BCUT2D eigenvalue weighted by Crippen LogP contribution is 2.27. The SMILES string of the molecule is CCNc1nc(C)c([N+](=O)[O-])c(OC)n1. The van der Waals surface area contributed by atoms with Crippen LogP contribution < -0.4 is 10.1 Å². The first-order valence-corrected chi connectivity index (χ1v) is 4.41. The number of nitro groups is 1. The molecule has 1 rings (SSSR count). The van der Waals surface area contributed by atoms with E-state index in [9.17, 15) is 10.1 Å². The Morgan fingerprint density at radius 1 is 1.53 bits per heavy atom. The molecule has 0 spiro atoms. The molecule has 15 heavy (non-hydrogen) atoms. The molecular formula is C8H12N4O3. The van der Waals surface area contributed by atoms with Crippen LogP contribution in [0.3, 0.4) is 0 Å². The summed E-state index contributed by atoms with van der Waals surface area (Å²) in [4.78, 5) is 18.0. The number of nitrogens with one attached hydrogen (secondary N) is 1. The van der Waals surface area contributed by atoms with Gasteiger partial charge in [0.05, 0.1) is 12.0 Å². The van der Waals surface area contributed by atoms with Crippen molar-refractivity contribution in [2.45, 2.75) is 13.8 Å². The number of rotatable bonds is 4. The highest BCUT2D eigenvalue weighted by molar-refractivity contribution is 5.48. The molecule has 7 nitrogen and oxygen atoms in total. The topological polar surface area (TPSA) is 90.2 Å². The van der Waals surface area contributed by atoms with Crippen molar-refractivity contribution >= 4 is 11.6 Å². The van der Waals surface area contributed by atoms with Crippen LogP contribution >= 0.6 is 0 Å². The summed E-state index contributed by atoms with van der Waals surface area (Å²) in [5, 5.41) is 13.6. The molecule has 0 aliphatic rings. The minimum absolute atomic E-state index is 0.0246. The van der Waals surface area contributed by atoms with E-state index in [1.807, 2.05) is 6.92 Å². The second-order valence-electron chi connectivity index (χ2n) is 2.78. The van der Waals surface area contributed by atoms with Gasteiger partial charge in [-0.1, -0.05) is 0 Å². The maximum absolute atomic E-state index is 10.7. The first kappa shape index (κ1) is 11.2. The molecule has 0 aromatic carbocycles. The third-order valence-electron chi connectivity index (χ3n) is 1.74. The van der Waals surface area contributed by atoms with Gasteiger partial charge in [0.1, 0.15) is 5.69 Å². The number of aromatic nitrogens is 2. The van der Waals surface area contributed by atoms with E-state index in [0.717, 1.165) is 0 Å². The summed E-state index contributed by atoms with van der Waals surface area (Å²) in [7, 11) is 1.34. The molecule has 1 aromatic heterocycles. The smallest absolute Gasteiger partial charge is 0.352 e. The summed E-state index contributed by atoms with van der Waals surface area (Å²) in [6.07, 6.45) is 0. The minimum atomic E-state index is -0.552. The molecule has 0 atom stereocenters. The Balaban J connectivity index is 3.24. The predicted octanol–water partition coefficient (Wildman–Crippen LogP) is 1.13. The maximum atomic E-state index is 10.7. The third-order valence-corrected chi connectivity index (χ3v) is 1.74. The van der Waals surface area contributed by atoms with Gasteiger partial charge < -0.3 is 10.1 Å². The van der Waals surface area contributed by atoms with Crippen LogP contribution in [0.2, 0.25) is 0 Å². The van der Waals surface area contributed by atoms with Gasteiger partial charge in [0.25, 0.3) is 5.88 Å². The van der Waals surface area contributed by atoms with Crippen LogP contribution in [0.15, 0.2) is 0 Å². The van der Waals surface area contributed by atoms with E-state index in [-0.39, 0.29) is 17.3 Å². The van der Waals surface area contributed by atoms with Crippen molar-refractivity contribution in [2.24, 2.45) is 0 Å². The first-order chi connectivity index (χ1) is 7.10. The zero-order chi connectivity index (χ0) is 11.4. The third kappa shape index (κ3) is 2.30. The van der Waals surface area contributed by atoms with Crippen molar-refractivity contribution in [3.63, 3.8) is 0 Å². The van der Waals surface area contributed by atoms with Crippen LogP contribution in [0, 0.1) is 17.0 Å². The lowest BCUT2D eigenvalue weighted by Gasteiger charge is -2.06. The standard InChI is InChI=1S/C8H12N4O3/c1-4-9-8-10-5(2)6(12(13)14)7(11-8)15-3/h4H2,1-3H3,(H,9,10,11). The highest BCUT2D eigenvalue weighted by Gasteiger charge is 2.22. The van der Waals surface area contributed by atoms with Gasteiger partial charge in [0.2, 0.25) is 5.95 Å². The van der Waals surface area contributed by atoms with Crippen LogP contribution in [0.5, 0.6) is 5.88 Å². The second kappa shape index (κ2) is 4.54. The Hall–Kier alpha value is -1.92. The minimum Gasteiger partial charge on any atom is -0.476 e. The molecule has 0 bridgehead atoms. The van der Waals surface area contributed by atoms with Gasteiger partial charge in [0, 0.05) is 6.54 Å². The lowest BCUT2D eigenvalue weighted by Crippen LogP contribution is -2.07. The second-order valence-corrected chi connectivity index (χ2v) is 2.78. The van der Waals surface area contributed by atoms with Gasteiger partial charge in [-0.25, -0.2) is 4.98 Å². The molecule has 0 fully saturated rings. The summed E-state index contributed by atoms with van der Waals surface area (Å²) >= 11 is 0. The number of hydrogen-bond donors (Lipinski definition) is 1. The first-order valence-electron chi connectivity index (χ1n) is 4.41. The Morgan fingerprint density at radius 3 is 2.67 bits per heavy atom. The Kier molecular flexibility index (Phi) is 3.37. The van der Waals surface area contributed by atoms with Crippen molar-refractivity contribution in [3.05, 3.63) is 15.8 Å². The molecule has 0 saturated heterocycles. The normalized spacial score (nSPS) is 9.80. The zero-order valence-electron chi connectivity index (χ0n) is 8.77. The van der Waals surface area contributed by atoms with E-state index in [1.165, 1.54) is 7.11 Å². The molecule has 0 aliphatic carbocycles. The van der Waals surface area contributed by atoms with Crippen molar-refractivity contribution in [2.75, 3.05) is 19.0 Å². The maximum Gasteiger partial charge on any atom is 0.352 e. The number of hydrogen-bond acceptors (Lipinski definition) is 6. The average molecular weight is 212 g/mol. The summed E-state index contributed by atoms with van der Waals surface area (Å²) in [5.74, 6) is 0.306. The molecule has 0 radical (unpaired) electrons. The Bertz CT molecular complexity index is 380. The molecule has 0 amide bonds. The van der Waals surface area contributed by atoms with E-state index < -0.39 is 4.92 Å². The van der Waals surface area contributed by atoms with Gasteiger partial charge >= 0.3 is 5.69 Å². The van der Waals surface area contributed by atoms with E-state index in [4.69, 9.17) is 4.74 Å². The molecular weight excluding hydrogens is 200 g/mol. The van der Waals surface area contributed by atoms with Crippen LogP contribution in [0.4, 0.5) is 11.6 Å². The number of ether oxygens (including phenoxy) is 1. The van der Waals surface area contributed by atoms with Crippen LogP contribution in [-0.2, 0) is 0 Å². The van der Waals surface area contributed by atoms with Gasteiger partial charge in [-0.3, -0.25) is 10.1 Å². The fourth-order valence-corrected chi connectivity index (χ4v) is 1.13.